The van der Waals surface area contributed by atoms with Crippen molar-refractivity contribution in [3.63, 3.8) is 0 Å². The molecular weight excluding hydrogens is 260 g/mol. The van der Waals surface area contributed by atoms with Crippen molar-refractivity contribution in [3.05, 3.63) is 34.3 Å². The Bertz CT molecular complexity index is 405. The molecule has 2 rings (SSSR count). The molecule has 19 heavy (non-hydrogen) atoms. The molecule has 1 saturated heterocycles. The van der Waals surface area contributed by atoms with E-state index in [0.717, 1.165) is 44.3 Å². The van der Waals surface area contributed by atoms with Gasteiger partial charge in [-0.25, -0.2) is 0 Å². The Balaban J connectivity index is 2.01. The quantitative estimate of drug-likeness (QED) is 0.902. The average Bonchev–Trinajstić information content (AvgIpc) is 2.42. The molecule has 1 unspecified atom stereocenters. The highest BCUT2D eigenvalue weighted by Crippen LogP contribution is 2.25. The predicted octanol–water partition coefficient (Wildman–Crippen LogP) is 2.62. The number of nitrogens with zero attached hydrogens (tertiary/aromatic N) is 1. The lowest BCUT2D eigenvalue weighted by atomic mass is 9.96. The van der Waals surface area contributed by atoms with E-state index >= 15 is 0 Å². The van der Waals surface area contributed by atoms with Gasteiger partial charge in [0.05, 0.1) is 13.2 Å². The van der Waals surface area contributed by atoms with Gasteiger partial charge in [0.1, 0.15) is 0 Å². The van der Waals surface area contributed by atoms with Gasteiger partial charge in [0.25, 0.3) is 0 Å². The molecule has 106 valence electrons. The van der Waals surface area contributed by atoms with Crippen LogP contribution in [0.25, 0.3) is 0 Å². The van der Waals surface area contributed by atoms with E-state index in [9.17, 15) is 0 Å². The lowest BCUT2D eigenvalue weighted by Crippen LogP contribution is -2.35. The predicted molar refractivity (Wildman–Crippen MR) is 79.6 cm³/mol. The third kappa shape index (κ3) is 4.18. The molecule has 2 N–H and O–H groups in total. The molecule has 3 nitrogen and oxygen atoms in total. The van der Waals surface area contributed by atoms with E-state index in [4.69, 9.17) is 22.1 Å². The van der Waals surface area contributed by atoms with Gasteiger partial charge in [-0.1, -0.05) is 30.7 Å². The van der Waals surface area contributed by atoms with Crippen LogP contribution in [0.15, 0.2) is 18.2 Å². The number of rotatable bonds is 5. The summed E-state index contributed by atoms with van der Waals surface area (Å²) >= 11 is 6.40. The van der Waals surface area contributed by atoms with Gasteiger partial charge in [-0.2, -0.15) is 0 Å². The van der Waals surface area contributed by atoms with Gasteiger partial charge < -0.3 is 10.5 Å². The zero-order valence-electron chi connectivity index (χ0n) is 11.6. The lowest BCUT2D eigenvalue weighted by Gasteiger charge is -2.27. The molecule has 0 radical (unpaired) electrons. The average molecular weight is 283 g/mol. The van der Waals surface area contributed by atoms with Crippen molar-refractivity contribution in [3.8, 4) is 0 Å². The molecule has 1 aromatic carbocycles. The Morgan fingerprint density at radius 1 is 1.37 bits per heavy atom. The summed E-state index contributed by atoms with van der Waals surface area (Å²) in [5.74, 6) is 0.472. The van der Waals surface area contributed by atoms with Gasteiger partial charge in [0, 0.05) is 24.7 Å². The van der Waals surface area contributed by atoms with Crippen LogP contribution >= 0.6 is 11.6 Å². The topological polar surface area (TPSA) is 38.5 Å². The maximum atomic E-state index is 6.40. The van der Waals surface area contributed by atoms with Crippen LogP contribution in [-0.4, -0.2) is 37.7 Å². The molecular formula is C15H23ClN2O. The standard InChI is InChI=1S/C15H23ClN2O/c1-12(4-5-17)13-2-3-14(15(16)10-13)11-18-6-8-19-9-7-18/h2-3,10,12H,4-9,11,17H2,1H3. The second-order valence-corrected chi connectivity index (χ2v) is 5.62. The highest BCUT2D eigenvalue weighted by atomic mass is 35.5. The van der Waals surface area contributed by atoms with E-state index in [0.29, 0.717) is 12.5 Å². The number of hydrogen-bond donors (Lipinski definition) is 1. The Labute approximate surface area is 120 Å². The molecule has 0 aromatic heterocycles. The van der Waals surface area contributed by atoms with Crippen LogP contribution in [0, 0.1) is 0 Å². The van der Waals surface area contributed by atoms with Crippen LogP contribution in [0.3, 0.4) is 0 Å². The SMILES string of the molecule is CC(CCN)c1ccc(CN2CCOCC2)c(Cl)c1. The minimum Gasteiger partial charge on any atom is -0.379 e. The van der Waals surface area contributed by atoms with Gasteiger partial charge in [0.15, 0.2) is 0 Å². The fourth-order valence-corrected chi connectivity index (χ4v) is 2.66. The highest BCUT2D eigenvalue weighted by molar-refractivity contribution is 6.31. The van der Waals surface area contributed by atoms with E-state index in [1.807, 2.05) is 0 Å². The van der Waals surface area contributed by atoms with E-state index in [-0.39, 0.29) is 0 Å². The van der Waals surface area contributed by atoms with Crippen LogP contribution in [0.1, 0.15) is 30.4 Å². The summed E-state index contributed by atoms with van der Waals surface area (Å²) in [4.78, 5) is 2.38. The molecule has 0 spiro atoms. The van der Waals surface area contributed by atoms with E-state index in [1.54, 1.807) is 0 Å². The summed E-state index contributed by atoms with van der Waals surface area (Å²) in [6, 6.07) is 6.43. The third-order valence-corrected chi connectivity index (χ3v) is 4.10. The van der Waals surface area contributed by atoms with Gasteiger partial charge >= 0.3 is 0 Å². The van der Waals surface area contributed by atoms with Crippen molar-refractivity contribution < 1.29 is 4.74 Å². The molecule has 1 aliphatic rings. The van der Waals surface area contributed by atoms with Crippen LogP contribution in [0.4, 0.5) is 0 Å². The van der Waals surface area contributed by atoms with Crippen molar-refractivity contribution in [2.45, 2.75) is 25.8 Å². The first-order chi connectivity index (χ1) is 9.20. The zero-order chi connectivity index (χ0) is 13.7. The number of benzene rings is 1. The second-order valence-electron chi connectivity index (χ2n) is 5.22. The summed E-state index contributed by atoms with van der Waals surface area (Å²) in [6.45, 7) is 7.44. The maximum absolute atomic E-state index is 6.40. The molecule has 1 atom stereocenters. The van der Waals surface area contributed by atoms with Crippen molar-refractivity contribution in [2.75, 3.05) is 32.8 Å². The minimum atomic E-state index is 0.472. The van der Waals surface area contributed by atoms with Crippen molar-refractivity contribution in [2.24, 2.45) is 5.73 Å². The Morgan fingerprint density at radius 3 is 2.74 bits per heavy atom. The van der Waals surface area contributed by atoms with Crippen LogP contribution < -0.4 is 5.73 Å². The van der Waals surface area contributed by atoms with Crippen LogP contribution in [0.5, 0.6) is 0 Å². The molecule has 0 bridgehead atoms. The molecule has 0 saturated carbocycles. The first kappa shape index (κ1) is 14.8. The number of ether oxygens (including phenoxy) is 1. The number of morpholine rings is 1. The third-order valence-electron chi connectivity index (χ3n) is 3.74. The molecule has 4 heteroatoms. The monoisotopic (exact) mass is 282 g/mol. The first-order valence-electron chi connectivity index (χ1n) is 6.99. The second kappa shape index (κ2) is 7.25. The normalized spacial score (nSPS) is 18.5. The van der Waals surface area contributed by atoms with Crippen molar-refractivity contribution in [1.29, 1.82) is 0 Å². The largest absolute Gasteiger partial charge is 0.379 e. The fourth-order valence-electron chi connectivity index (χ4n) is 2.42. The molecule has 0 aliphatic carbocycles. The fraction of sp³-hybridized carbons (Fsp3) is 0.600. The van der Waals surface area contributed by atoms with E-state index in [2.05, 4.69) is 30.0 Å². The Hall–Kier alpha value is -0.610. The van der Waals surface area contributed by atoms with E-state index < -0.39 is 0 Å². The Kier molecular flexibility index (Phi) is 5.64. The summed E-state index contributed by atoms with van der Waals surface area (Å²) in [5, 5.41) is 0.868. The number of nitrogens with two attached hydrogens (primary N) is 1. The van der Waals surface area contributed by atoms with Crippen molar-refractivity contribution >= 4 is 11.6 Å². The summed E-state index contributed by atoms with van der Waals surface area (Å²) in [5.41, 5.74) is 8.09. The zero-order valence-corrected chi connectivity index (χ0v) is 12.3. The van der Waals surface area contributed by atoms with Gasteiger partial charge in [-0.15, -0.1) is 0 Å². The van der Waals surface area contributed by atoms with Gasteiger partial charge in [0.2, 0.25) is 0 Å². The molecule has 1 fully saturated rings. The minimum absolute atomic E-state index is 0.472. The Morgan fingerprint density at radius 2 is 2.11 bits per heavy atom. The highest BCUT2D eigenvalue weighted by Gasteiger charge is 2.13. The molecule has 0 amide bonds. The number of halogens is 1. The van der Waals surface area contributed by atoms with Crippen LogP contribution in [0.2, 0.25) is 5.02 Å². The van der Waals surface area contributed by atoms with Crippen LogP contribution in [-0.2, 0) is 11.3 Å². The van der Waals surface area contributed by atoms with E-state index in [1.165, 1.54) is 11.1 Å². The summed E-state index contributed by atoms with van der Waals surface area (Å²) in [6.07, 6.45) is 0.999. The van der Waals surface area contributed by atoms with Gasteiger partial charge in [-0.05, 0) is 36.1 Å². The maximum Gasteiger partial charge on any atom is 0.0594 e. The molecule has 1 heterocycles. The summed E-state index contributed by atoms with van der Waals surface area (Å²) in [7, 11) is 0. The first-order valence-corrected chi connectivity index (χ1v) is 7.37. The van der Waals surface area contributed by atoms with Crippen molar-refractivity contribution in [1.82, 2.24) is 4.90 Å². The molecule has 1 aromatic rings. The summed E-state index contributed by atoms with van der Waals surface area (Å²) < 4.78 is 5.36. The van der Waals surface area contributed by atoms with Gasteiger partial charge in [-0.3, -0.25) is 4.90 Å². The lowest BCUT2D eigenvalue weighted by molar-refractivity contribution is 0.0342. The number of hydrogen-bond acceptors (Lipinski definition) is 3. The molecule has 1 aliphatic heterocycles. The smallest absolute Gasteiger partial charge is 0.0594 e.